The number of carbonyl (C=O) groups is 3. The molecule has 2 heterocycles. The van der Waals surface area contributed by atoms with E-state index >= 15 is 0 Å². The van der Waals surface area contributed by atoms with Gasteiger partial charge in [0.05, 0.1) is 6.10 Å². The van der Waals surface area contributed by atoms with E-state index in [4.69, 9.17) is 9.84 Å². The Morgan fingerprint density at radius 1 is 1.43 bits per heavy atom. The van der Waals surface area contributed by atoms with Crippen LogP contribution >= 0.6 is 0 Å². The average molecular weight is 299 g/mol. The first-order valence-electron chi connectivity index (χ1n) is 7.23. The molecule has 2 saturated heterocycles. The Morgan fingerprint density at radius 3 is 2.90 bits per heavy atom. The molecule has 2 aliphatic rings. The van der Waals surface area contributed by atoms with Crippen molar-refractivity contribution < 1.29 is 24.2 Å². The number of nitrogens with one attached hydrogen (secondary N) is 2. The van der Waals surface area contributed by atoms with Crippen LogP contribution in [0.15, 0.2) is 0 Å². The summed E-state index contributed by atoms with van der Waals surface area (Å²) < 4.78 is 5.56. The second kappa shape index (κ2) is 7.26. The molecule has 2 fully saturated rings. The molecule has 2 rings (SSSR count). The lowest BCUT2D eigenvalue weighted by Crippen LogP contribution is -2.61. The monoisotopic (exact) mass is 299 g/mol. The number of carboxylic acid groups (broad SMARTS) is 1. The van der Waals surface area contributed by atoms with Crippen molar-refractivity contribution in [3.05, 3.63) is 0 Å². The Hall–Kier alpha value is -1.83. The summed E-state index contributed by atoms with van der Waals surface area (Å²) in [4.78, 5) is 35.5. The number of aliphatic carboxylic acids is 1. The van der Waals surface area contributed by atoms with Crippen molar-refractivity contribution in [3.8, 4) is 0 Å². The zero-order valence-corrected chi connectivity index (χ0v) is 11.8. The number of carbonyl (C=O) groups excluding carboxylic acids is 2. The van der Waals surface area contributed by atoms with Crippen LogP contribution in [0.2, 0.25) is 0 Å². The van der Waals surface area contributed by atoms with Gasteiger partial charge in [-0.2, -0.15) is 0 Å². The SMILES string of the molecule is O=C1CN(C(=O)NCCC2CCCCO2)C(C(=O)O)CN1. The van der Waals surface area contributed by atoms with Crippen LogP contribution in [0.4, 0.5) is 4.79 Å². The van der Waals surface area contributed by atoms with E-state index in [0.717, 1.165) is 30.8 Å². The molecule has 8 nitrogen and oxygen atoms in total. The fourth-order valence-electron chi connectivity index (χ4n) is 2.55. The van der Waals surface area contributed by atoms with Gasteiger partial charge in [0, 0.05) is 19.7 Å². The van der Waals surface area contributed by atoms with Gasteiger partial charge < -0.3 is 20.5 Å². The first-order chi connectivity index (χ1) is 10.1. The van der Waals surface area contributed by atoms with Crippen LogP contribution in [0.1, 0.15) is 25.7 Å². The molecular formula is C13H21N3O5. The first-order valence-corrected chi connectivity index (χ1v) is 7.23. The van der Waals surface area contributed by atoms with Crippen LogP contribution in [0.3, 0.4) is 0 Å². The highest BCUT2D eigenvalue weighted by Crippen LogP contribution is 2.15. The number of amides is 3. The number of piperazine rings is 1. The van der Waals surface area contributed by atoms with Gasteiger partial charge in [0.2, 0.25) is 5.91 Å². The number of hydrogen-bond acceptors (Lipinski definition) is 4. The molecule has 0 spiro atoms. The second-order valence-corrected chi connectivity index (χ2v) is 5.30. The van der Waals surface area contributed by atoms with E-state index in [-0.39, 0.29) is 25.1 Å². The Kier molecular flexibility index (Phi) is 5.38. The molecule has 0 bridgehead atoms. The molecule has 0 saturated carbocycles. The highest BCUT2D eigenvalue weighted by molar-refractivity contribution is 5.90. The summed E-state index contributed by atoms with van der Waals surface area (Å²) in [6.07, 6.45) is 4.04. The molecular weight excluding hydrogens is 278 g/mol. The Bertz CT molecular complexity index is 409. The van der Waals surface area contributed by atoms with Crippen LogP contribution in [0.5, 0.6) is 0 Å². The van der Waals surface area contributed by atoms with E-state index in [2.05, 4.69) is 10.6 Å². The number of ether oxygens (including phenoxy) is 1. The lowest BCUT2D eigenvalue weighted by Gasteiger charge is -2.32. The van der Waals surface area contributed by atoms with E-state index in [1.54, 1.807) is 0 Å². The van der Waals surface area contributed by atoms with Crippen molar-refractivity contribution in [1.82, 2.24) is 15.5 Å². The molecule has 0 aromatic heterocycles. The van der Waals surface area contributed by atoms with Crippen molar-refractivity contribution in [1.29, 1.82) is 0 Å². The Labute approximate surface area is 122 Å². The molecule has 2 unspecified atom stereocenters. The maximum Gasteiger partial charge on any atom is 0.328 e. The second-order valence-electron chi connectivity index (χ2n) is 5.30. The number of nitrogens with zero attached hydrogens (tertiary/aromatic N) is 1. The molecule has 21 heavy (non-hydrogen) atoms. The highest BCUT2D eigenvalue weighted by Gasteiger charge is 2.35. The van der Waals surface area contributed by atoms with Gasteiger partial charge in [0.15, 0.2) is 0 Å². The zero-order chi connectivity index (χ0) is 15.2. The fourth-order valence-corrected chi connectivity index (χ4v) is 2.55. The lowest BCUT2D eigenvalue weighted by atomic mass is 10.1. The standard InChI is InChI=1S/C13H21N3O5/c17-11-8-16(10(7-15-11)12(18)19)13(20)14-5-4-9-3-1-2-6-21-9/h9-10H,1-8H2,(H,14,20)(H,15,17)(H,18,19). The van der Waals surface area contributed by atoms with Gasteiger partial charge in [-0.25, -0.2) is 9.59 Å². The summed E-state index contributed by atoms with van der Waals surface area (Å²) >= 11 is 0. The summed E-state index contributed by atoms with van der Waals surface area (Å²) in [6, 6.07) is -1.54. The minimum atomic E-state index is -1.12. The maximum atomic E-state index is 12.0. The smallest absolute Gasteiger partial charge is 0.328 e. The van der Waals surface area contributed by atoms with E-state index in [1.165, 1.54) is 0 Å². The van der Waals surface area contributed by atoms with Crippen molar-refractivity contribution in [2.45, 2.75) is 37.8 Å². The largest absolute Gasteiger partial charge is 0.480 e. The number of carboxylic acids is 1. The van der Waals surface area contributed by atoms with Crippen molar-refractivity contribution in [2.24, 2.45) is 0 Å². The molecule has 2 aliphatic heterocycles. The number of urea groups is 1. The Morgan fingerprint density at radius 2 is 2.24 bits per heavy atom. The topological polar surface area (TPSA) is 108 Å². The van der Waals surface area contributed by atoms with Crippen molar-refractivity contribution in [2.75, 3.05) is 26.2 Å². The van der Waals surface area contributed by atoms with Crippen LogP contribution in [-0.4, -0.2) is 66.3 Å². The van der Waals surface area contributed by atoms with Gasteiger partial charge in [0.1, 0.15) is 12.6 Å². The molecule has 0 aliphatic carbocycles. The first kappa shape index (κ1) is 15.6. The van der Waals surface area contributed by atoms with Crippen LogP contribution < -0.4 is 10.6 Å². The maximum absolute atomic E-state index is 12.0. The molecule has 3 amide bonds. The average Bonchev–Trinajstić information content (AvgIpc) is 2.47. The third kappa shape index (κ3) is 4.32. The minimum Gasteiger partial charge on any atom is -0.480 e. The molecule has 8 heteroatoms. The van der Waals surface area contributed by atoms with E-state index in [9.17, 15) is 14.4 Å². The fraction of sp³-hybridized carbons (Fsp3) is 0.769. The predicted molar refractivity (Wildman–Crippen MR) is 72.7 cm³/mol. The summed E-state index contributed by atoms with van der Waals surface area (Å²) in [5.74, 6) is -1.47. The van der Waals surface area contributed by atoms with Crippen molar-refractivity contribution in [3.63, 3.8) is 0 Å². The Balaban J connectivity index is 1.79. The lowest BCUT2D eigenvalue weighted by molar-refractivity contribution is -0.144. The van der Waals surface area contributed by atoms with Crippen LogP contribution in [-0.2, 0) is 14.3 Å². The molecule has 0 aromatic rings. The van der Waals surface area contributed by atoms with Gasteiger partial charge in [-0.3, -0.25) is 9.69 Å². The normalized spacial score (nSPS) is 26.1. The van der Waals surface area contributed by atoms with E-state index < -0.39 is 18.0 Å². The third-order valence-electron chi connectivity index (χ3n) is 3.75. The molecule has 3 N–H and O–H groups in total. The van der Waals surface area contributed by atoms with Crippen LogP contribution in [0.25, 0.3) is 0 Å². The number of hydrogen-bond donors (Lipinski definition) is 3. The van der Waals surface area contributed by atoms with Gasteiger partial charge >= 0.3 is 12.0 Å². The quantitative estimate of drug-likeness (QED) is 0.651. The van der Waals surface area contributed by atoms with E-state index in [0.29, 0.717) is 13.0 Å². The third-order valence-corrected chi connectivity index (χ3v) is 3.75. The highest BCUT2D eigenvalue weighted by atomic mass is 16.5. The molecule has 118 valence electrons. The summed E-state index contributed by atoms with van der Waals surface area (Å²) in [5, 5.41) is 14.2. The molecule has 0 aromatic carbocycles. The molecule has 2 atom stereocenters. The minimum absolute atomic E-state index is 0.0622. The van der Waals surface area contributed by atoms with E-state index in [1.807, 2.05) is 0 Å². The van der Waals surface area contributed by atoms with Gasteiger partial charge in [-0.15, -0.1) is 0 Å². The predicted octanol–water partition coefficient (Wildman–Crippen LogP) is -0.460. The summed E-state index contributed by atoms with van der Waals surface area (Å²) in [7, 11) is 0. The molecule has 0 radical (unpaired) electrons. The van der Waals surface area contributed by atoms with Gasteiger partial charge in [0.25, 0.3) is 0 Å². The van der Waals surface area contributed by atoms with Gasteiger partial charge in [-0.1, -0.05) is 0 Å². The van der Waals surface area contributed by atoms with Crippen molar-refractivity contribution >= 4 is 17.9 Å². The van der Waals surface area contributed by atoms with Crippen LogP contribution in [0, 0.1) is 0 Å². The summed E-state index contributed by atoms with van der Waals surface area (Å²) in [5.41, 5.74) is 0. The number of rotatable bonds is 4. The zero-order valence-electron chi connectivity index (χ0n) is 11.8. The summed E-state index contributed by atoms with van der Waals surface area (Å²) in [6.45, 7) is 0.871. The van der Waals surface area contributed by atoms with Gasteiger partial charge in [-0.05, 0) is 25.7 Å².